The van der Waals surface area contributed by atoms with Crippen molar-refractivity contribution in [3.8, 4) is 11.4 Å². The maximum atomic E-state index is 13.1. The lowest BCUT2D eigenvalue weighted by molar-refractivity contribution is -0.134. The van der Waals surface area contributed by atoms with Gasteiger partial charge in [0.2, 0.25) is 5.82 Å². The number of aromatic nitrogens is 4. The summed E-state index contributed by atoms with van der Waals surface area (Å²) in [7, 11) is 0. The summed E-state index contributed by atoms with van der Waals surface area (Å²) in [4.78, 5) is 15.4. The number of hydrazone groups is 1. The Kier molecular flexibility index (Phi) is 4.89. The highest BCUT2D eigenvalue weighted by molar-refractivity contribution is 7.12. The molecule has 5 rings (SSSR count). The molecule has 0 N–H and O–H groups in total. The van der Waals surface area contributed by atoms with Crippen molar-refractivity contribution in [1.29, 1.82) is 0 Å². The molecule has 1 aliphatic rings. The maximum Gasteiger partial charge on any atom is 0.267 e. The van der Waals surface area contributed by atoms with Crippen LogP contribution >= 0.6 is 22.9 Å². The van der Waals surface area contributed by atoms with Crippen LogP contribution in [0.15, 0.2) is 69.7 Å². The van der Waals surface area contributed by atoms with E-state index in [1.165, 1.54) is 9.81 Å². The van der Waals surface area contributed by atoms with Gasteiger partial charge in [0.1, 0.15) is 18.3 Å². The first-order valence-electron chi connectivity index (χ1n) is 9.18. The van der Waals surface area contributed by atoms with Gasteiger partial charge in [-0.05, 0) is 40.9 Å². The van der Waals surface area contributed by atoms with Crippen LogP contribution in [0.2, 0.25) is 5.02 Å². The number of nitrogens with zero attached hydrogens (tertiary/aromatic N) is 6. The third kappa shape index (κ3) is 3.53. The molecular weight excluding hydrogens is 424 g/mol. The predicted octanol–water partition coefficient (Wildman–Crippen LogP) is 4.03. The Balaban J connectivity index is 1.39. The molecule has 0 unspecified atom stereocenters. The molecular formula is C20H15ClN6O2S. The predicted molar refractivity (Wildman–Crippen MR) is 112 cm³/mol. The van der Waals surface area contributed by atoms with Crippen molar-refractivity contribution in [2.45, 2.75) is 19.0 Å². The van der Waals surface area contributed by atoms with E-state index in [0.717, 1.165) is 10.6 Å². The zero-order chi connectivity index (χ0) is 20.5. The number of furan rings is 1. The minimum Gasteiger partial charge on any atom is -0.467 e. The summed E-state index contributed by atoms with van der Waals surface area (Å²) < 4.78 is 5.56. The van der Waals surface area contributed by atoms with Gasteiger partial charge in [-0.3, -0.25) is 4.79 Å². The topological polar surface area (TPSA) is 89.4 Å². The van der Waals surface area contributed by atoms with Crippen molar-refractivity contribution in [3.05, 3.63) is 75.8 Å². The first-order chi connectivity index (χ1) is 14.7. The van der Waals surface area contributed by atoms with E-state index < -0.39 is 0 Å². The lowest BCUT2D eigenvalue weighted by Gasteiger charge is -2.19. The summed E-state index contributed by atoms with van der Waals surface area (Å²) in [5, 5.41) is 20.9. The highest BCUT2D eigenvalue weighted by Crippen LogP contribution is 2.34. The van der Waals surface area contributed by atoms with Gasteiger partial charge in [0, 0.05) is 12.0 Å². The quantitative estimate of drug-likeness (QED) is 0.469. The summed E-state index contributed by atoms with van der Waals surface area (Å²) in [6, 6.07) is 14.5. The number of hydrogen-bond donors (Lipinski definition) is 0. The molecule has 1 amide bonds. The minimum absolute atomic E-state index is 0.101. The molecule has 1 aliphatic heterocycles. The SMILES string of the molecule is O=C(Cn1nnc(-c2ccccc2Cl)n1)N1N=C(c2cccs2)C[C@@H]1c1ccco1. The number of rotatable bonds is 5. The summed E-state index contributed by atoms with van der Waals surface area (Å²) in [5.74, 6) is 0.785. The van der Waals surface area contributed by atoms with Crippen LogP contribution in [0.3, 0.4) is 0 Å². The van der Waals surface area contributed by atoms with E-state index >= 15 is 0 Å². The number of carbonyl (C=O) groups is 1. The number of hydrogen-bond acceptors (Lipinski definition) is 7. The Morgan fingerprint density at radius 3 is 2.87 bits per heavy atom. The van der Waals surface area contributed by atoms with E-state index in [2.05, 4.69) is 20.5 Å². The first-order valence-corrected chi connectivity index (χ1v) is 10.4. The molecule has 0 fully saturated rings. The van der Waals surface area contributed by atoms with Gasteiger partial charge >= 0.3 is 0 Å². The third-order valence-corrected chi connectivity index (χ3v) is 5.94. The highest BCUT2D eigenvalue weighted by atomic mass is 35.5. The third-order valence-electron chi connectivity index (χ3n) is 4.69. The Morgan fingerprint density at radius 2 is 2.10 bits per heavy atom. The monoisotopic (exact) mass is 438 g/mol. The molecule has 1 atom stereocenters. The molecule has 0 spiro atoms. The van der Waals surface area contributed by atoms with Gasteiger partial charge in [-0.25, -0.2) is 5.01 Å². The van der Waals surface area contributed by atoms with Crippen LogP contribution in [0.4, 0.5) is 0 Å². The molecule has 0 bridgehead atoms. The summed E-state index contributed by atoms with van der Waals surface area (Å²) in [5.41, 5.74) is 1.51. The highest BCUT2D eigenvalue weighted by Gasteiger charge is 2.35. The van der Waals surface area contributed by atoms with Gasteiger partial charge in [0.05, 0.1) is 21.9 Å². The average molecular weight is 439 g/mol. The zero-order valence-electron chi connectivity index (χ0n) is 15.6. The van der Waals surface area contributed by atoms with Gasteiger partial charge in [-0.15, -0.1) is 21.5 Å². The molecule has 150 valence electrons. The summed E-state index contributed by atoms with van der Waals surface area (Å²) >= 11 is 7.79. The van der Waals surface area contributed by atoms with Crippen molar-refractivity contribution >= 4 is 34.6 Å². The second-order valence-corrected chi connectivity index (χ2v) is 7.98. The first kappa shape index (κ1) is 18.7. The second kappa shape index (κ2) is 7.85. The van der Waals surface area contributed by atoms with Crippen molar-refractivity contribution in [2.75, 3.05) is 0 Å². The standard InChI is InChI=1S/C20H15ClN6O2S/c21-14-6-2-1-5-13(14)20-22-25-26(24-20)12-19(28)27-16(17-7-3-9-29-17)11-15(23-27)18-8-4-10-30-18/h1-10,16H,11-12H2/t16-/m1/s1. The number of tetrazole rings is 1. The van der Waals surface area contributed by atoms with E-state index in [1.807, 2.05) is 35.7 Å². The summed E-state index contributed by atoms with van der Waals surface area (Å²) in [6.45, 7) is -0.101. The fraction of sp³-hybridized carbons (Fsp3) is 0.150. The summed E-state index contributed by atoms with van der Waals surface area (Å²) in [6.07, 6.45) is 2.17. The molecule has 3 aromatic heterocycles. The molecule has 0 saturated heterocycles. The Bertz CT molecular complexity index is 1200. The van der Waals surface area contributed by atoms with Crippen molar-refractivity contribution in [2.24, 2.45) is 5.10 Å². The second-order valence-electron chi connectivity index (χ2n) is 6.62. The molecule has 30 heavy (non-hydrogen) atoms. The van der Waals surface area contributed by atoms with Gasteiger partial charge < -0.3 is 4.42 Å². The van der Waals surface area contributed by atoms with Gasteiger partial charge in [0.25, 0.3) is 5.91 Å². The molecule has 0 aliphatic carbocycles. The van der Waals surface area contributed by atoms with Crippen molar-refractivity contribution in [3.63, 3.8) is 0 Å². The molecule has 0 saturated carbocycles. The normalized spacial score (nSPS) is 16.1. The van der Waals surface area contributed by atoms with Crippen LogP contribution in [-0.2, 0) is 11.3 Å². The Morgan fingerprint density at radius 1 is 1.20 bits per heavy atom. The Labute approximate surface area is 180 Å². The molecule has 1 aromatic carbocycles. The maximum absolute atomic E-state index is 13.1. The van der Waals surface area contributed by atoms with Crippen LogP contribution in [-0.4, -0.2) is 36.8 Å². The van der Waals surface area contributed by atoms with Crippen molar-refractivity contribution in [1.82, 2.24) is 25.2 Å². The largest absolute Gasteiger partial charge is 0.467 e. The molecule has 10 heteroatoms. The zero-order valence-corrected chi connectivity index (χ0v) is 17.1. The van der Waals surface area contributed by atoms with E-state index in [9.17, 15) is 4.79 Å². The lowest BCUT2D eigenvalue weighted by atomic mass is 10.1. The number of amides is 1. The van der Waals surface area contributed by atoms with Crippen LogP contribution < -0.4 is 0 Å². The Hall–Kier alpha value is -3.30. The van der Waals surface area contributed by atoms with Crippen molar-refractivity contribution < 1.29 is 9.21 Å². The molecule has 4 aromatic rings. The van der Waals surface area contributed by atoms with E-state index in [4.69, 9.17) is 16.0 Å². The van der Waals surface area contributed by atoms with Crippen LogP contribution in [0.5, 0.6) is 0 Å². The number of halogens is 1. The lowest BCUT2D eigenvalue weighted by Crippen LogP contribution is -2.31. The average Bonchev–Trinajstić information content (AvgIpc) is 3.54. The number of benzene rings is 1. The van der Waals surface area contributed by atoms with E-state index in [1.54, 1.807) is 35.8 Å². The van der Waals surface area contributed by atoms with Crippen LogP contribution in [0.1, 0.15) is 23.1 Å². The minimum atomic E-state index is -0.309. The fourth-order valence-corrected chi connectivity index (χ4v) is 4.23. The molecule has 8 nitrogen and oxygen atoms in total. The van der Waals surface area contributed by atoms with Crippen LogP contribution in [0.25, 0.3) is 11.4 Å². The van der Waals surface area contributed by atoms with Gasteiger partial charge in [-0.2, -0.15) is 9.90 Å². The molecule has 0 radical (unpaired) electrons. The van der Waals surface area contributed by atoms with E-state index in [0.29, 0.717) is 28.6 Å². The number of thiophene rings is 1. The molecule has 4 heterocycles. The van der Waals surface area contributed by atoms with Gasteiger partial charge in [-0.1, -0.05) is 29.8 Å². The van der Waals surface area contributed by atoms with Gasteiger partial charge in [0.15, 0.2) is 0 Å². The fourth-order valence-electron chi connectivity index (χ4n) is 3.29. The van der Waals surface area contributed by atoms with Crippen LogP contribution in [0, 0.1) is 0 Å². The number of carbonyl (C=O) groups excluding carboxylic acids is 1. The van der Waals surface area contributed by atoms with E-state index in [-0.39, 0.29) is 18.5 Å². The smallest absolute Gasteiger partial charge is 0.267 e.